The molecule has 4 nitrogen and oxygen atoms in total. The standard InChI is InChI=1S/C22H26O4/c1-5-15-8-10-16(11-9-15)7-6-12-26-17-13-18(21(24)25)20(23)19(14-17)22(2,3)4/h5,8-11,13-14,23H,1,6-7,12H2,2-4H3,(H,24,25). The van der Waals surface area contributed by atoms with E-state index in [0.717, 1.165) is 18.4 Å². The third-order valence-electron chi connectivity index (χ3n) is 4.22. The van der Waals surface area contributed by atoms with Crippen LogP contribution in [0.2, 0.25) is 0 Å². The van der Waals surface area contributed by atoms with Crippen molar-refractivity contribution in [3.05, 3.63) is 65.2 Å². The number of hydrogen-bond donors (Lipinski definition) is 2. The molecule has 138 valence electrons. The number of aromatic carboxylic acids is 1. The molecule has 2 rings (SSSR count). The molecule has 0 unspecified atom stereocenters. The summed E-state index contributed by atoms with van der Waals surface area (Å²) in [6, 6.07) is 11.3. The van der Waals surface area contributed by atoms with Crippen LogP contribution < -0.4 is 4.74 Å². The second kappa shape index (κ2) is 8.09. The number of rotatable bonds is 7. The van der Waals surface area contributed by atoms with E-state index in [9.17, 15) is 15.0 Å². The first-order valence-corrected chi connectivity index (χ1v) is 8.67. The monoisotopic (exact) mass is 354 g/mol. The van der Waals surface area contributed by atoms with Gasteiger partial charge in [0.05, 0.1) is 6.61 Å². The molecule has 0 atom stereocenters. The van der Waals surface area contributed by atoms with Crippen molar-refractivity contribution in [1.29, 1.82) is 0 Å². The van der Waals surface area contributed by atoms with E-state index < -0.39 is 5.97 Å². The summed E-state index contributed by atoms with van der Waals surface area (Å²) in [7, 11) is 0. The molecule has 0 bridgehead atoms. The van der Waals surface area contributed by atoms with Crippen molar-refractivity contribution in [3.8, 4) is 11.5 Å². The van der Waals surface area contributed by atoms with E-state index in [4.69, 9.17) is 4.74 Å². The maximum Gasteiger partial charge on any atom is 0.339 e. The Bertz CT molecular complexity index is 783. The molecule has 2 aromatic rings. The molecule has 0 saturated carbocycles. The molecule has 2 aromatic carbocycles. The Morgan fingerprint density at radius 2 is 1.85 bits per heavy atom. The van der Waals surface area contributed by atoms with Gasteiger partial charge in [-0.1, -0.05) is 57.7 Å². The predicted molar refractivity (Wildman–Crippen MR) is 104 cm³/mol. The van der Waals surface area contributed by atoms with Gasteiger partial charge in [-0.05, 0) is 41.5 Å². The molecular weight excluding hydrogens is 328 g/mol. The number of aromatic hydroxyl groups is 1. The van der Waals surface area contributed by atoms with Crippen molar-refractivity contribution in [1.82, 2.24) is 0 Å². The van der Waals surface area contributed by atoms with Crippen LogP contribution >= 0.6 is 0 Å². The zero-order chi connectivity index (χ0) is 19.3. The number of carboxylic acids is 1. The van der Waals surface area contributed by atoms with Gasteiger partial charge in [0, 0.05) is 5.56 Å². The summed E-state index contributed by atoms with van der Waals surface area (Å²) < 4.78 is 5.76. The fourth-order valence-electron chi connectivity index (χ4n) is 2.71. The number of hydrogen-bond acceptors (Lipinski definition) is 3. The predicted octanol–water partition coefficient (Wildman–Crippen LogP) is 5.04. The van der Waals surface area contributed by atoms with E-state index in [0.29, 0.717) is 17.9 Å². The smallest absolute Gasteiger partial charge is 0.339 e. The van der Waals surface area contributed by atoms with E-state index in [1.165, 1.54) is 11.6 Å². The molecule has 0 saturated heterocycles. The molecule has 0 spiro atoms. The molecule has 0 heterocycles. The van der Waals surface area contributed by atoms with Gasteiger partial charge in [-0.3, -0.25) is 0 Å². The summed E-state index contributed by atoms with van der Waals surface area (Å²) in [6.45, 7) is 9.97. The zero-order valence-electron chi connectivity index (χ0n) is 15.6. The van der Waals surface area contributed by atoms with Crippen LogP contribution in [0.3, 0.4) is 0 Å². The van der Waals surface area contributed by atoms with Gasteiger partial charge in [0.15, 0.2) is 0 Å². The number of phenols is 1. The fourth-order valence-corrected chi connectivity index (χ4v) is 2.71. The van der Waals surface area contributed by atoms with Gasteiger partial charge in [0.1, 0.15) is 17.1 Å². The highest BCUT2D eigenvalue weighted by Crippen LogP contribution is 2.36. The topological polar surface area (TPSA) is 66.8 Å². The quantitative estimate of drug-likeness (QED) is 0.683. The lowest BCUT2D eigenvalue weighted by Crippen LogP contribution is -2.14. The highest BCUT2D eigenvalue weighted by atomic mass is 16.5. The van der Waals surface area contributed by atoms with Gasteiger partial charge in [-0.25, -0.2) is 4.79 Å². The Morgan fingerprint density at radius 3 is 2.38 bits per heavy atom. The van der Waals surface area contributed by atoms with Crippen LogP contribution in [-0.2, 0) is 11.8 Å². The first-order chi connectivity index (χ1) is 12.2. The van der Waals surface area contributed by atoms with Crippen molar-refractivity contribution < 1.29 is 19.7 Å². The van der Waals surface area contributed by atoms with E-state index in [1.807, 2.05) is 39.0 Å². The van der Waals surface area contributed by atoms with E-state index in [2.05, 4.69) is 18.7 Å². The SMILES string of the molecule is C=Cc1ccc(CCCOc2cc(C(=O)O)c(O)c(C(C)(C)C)c2)cc1. The van der Waals surface area contributed by atoms with Crippen LogP contribution in [0.1, 0.15) is 54.2 Å². The van der Waals surface area contributed by atoms with Gasteiger partial charge in [0.2, 0.25) is 0 Å². The third-order valence-corrected chi connectivity index (χ3v) is 4.22. The summed E-state index contributed by atoms with van der Waals surface area (Å²) in [6.07, 6.45) is 3.49. The highest BCUT2D eigenvalue weighted by molar-refractivity contribution is 5.92. The summed E-state index contributed by atoms with van der Waals surface area (Å²) in [5.74, 6) is -0.896. The zero-order valence-corrected chi connectivity index (χ0v) is 15.6. The second-order valence-corrected chi connectivity index (χ2v) is 7.32. The van der Waals surface area contributed by atoms with Crippen LogP contribution in [0.25, 0.3) is 6.08 Å². The average Bonchev–Trinajstić information content (AvgIpc) is 2.59. The molecule has 2 N–H and O–H groups in total. The molecule has 0 aromatic heterocycles. The third kappa shape index (κ3) is 4.88. The molecule has 0 fully saturated rings. The van der Waals surface area contributed by atoms with Crippen LogP contribution in [0.15, 0.2) is 43.0 Å². The maximum absolute atomic E-state index is 11.4. The highest BCUT2D eigenvalue weighted by Gasteiger charge is 2.24. The first-order valence-electron chi connectivity index (χ1n) is 8.67. The molecular formula is C22H26O4. The van der Waals surface area contributed by atoms with Crippen molar-refractivity contribution in [2.24, 2.45) is 0 Å². The Labute approximate surface area is 154 Å². The van der Waals surface area contributed by atoms with Crippen LogP contribution in [-0.4, -0.2) is 22.8 Å². The second-order valence-electron chi connectivity index (χ2n) is 7.32. The number of aryl methyl sites for hydroxylation is 1. The number of carboxylic acid groups (broad SMARTS) is 1. The van der Waals surface area contributed by atoms with Gasteiger partial charge >= 0.3 is 5.97 Å². The summed E-state index contributed by atoms with van der Waals surface area (Å²) in [4.78, 5) is 11.4. The van der Waals surface area contributed by atoms with Gasteiger partial charge in [-0.15, -0.1) is 0 Å². The molecule has 0 aliphatic heterocycles. The van der Waals surface area contributed by atoms with Crippen molar-refractivity contribution in [3.63, 3.8) is 0 Å². The van der Waals surface area contributed by atoms with Crippen LogP contribution in [0.5, 0.6) is 11.5 Å². The summed E-state index contributed by atoms with van der Waals surface area (Å²) in [5, 5.41) is 19.6. The Balaban J connectivity index is 2.05. The van der Waals surface area contributed by atoms with Crippen LogP contribution in [0, 0.1) is 0 Å². The van der Waals surface area contributed by atoms with E-state index in [1.54, 1.807) is 6.07 Å². The molecule has 0 aliphatic rings. The van der Waals surface area contributed by atoms with Crippen molar-refractivity contribution in [2.75, 3.05) is 6.61 Å². The fraction of sp³-hybridized carbons (Fsp3) is 0.318. The summed E-state index contributed by atoms with van der Waals surface area (Å²) in [5.41, 5.74) is 2.34. The molecule has 4 heteroatoms. The van der Waals surface area contributed by atoms with Crippen molar-refractivity contribution in [2.45, 2.75) is 39.0 Å². The molecule has 0 radical (unpaired) electrons. The lowest BCUT2D eigenvalue weighted by atomic mass is 9.85. The van der Waals surface area contributed by atoms with E-state index >= 15 is 0 Å². The average molecular weight is 354 g/mol. The lowest BCUT2D eigenvalue weighted by Gasteiger charge is -2.22. The first kappa shape index (κ1) is 19.6. The number of carbonyl (C=O) groups is 1. The minimum atomic E-state index is -1.17. The number of ether oxygens (including phenoxy) is 1. The van der Waals surface area contributed by atoms with Crippen molar-refractivity contribution >= 4 is 12.0 Å². The minimum Gasteiger partial charge on any atom is -0.507 e. The molecule has 0 amide bonds. The maximum atomic E-state index is 11.4. The lowest BCUT2D eigenvalue weighted by molar-refractivity contribution is 0.0693. The Hall–Kier alpha value is -2.75. The number of benzene rings is 2. The Morgan fingerprint density at radius 1 is 1.19 bits per heavy atom. The largest absolute Gasteiger partial charge is 0.507 e. The molecule has 26 heavy (non-hydrogen) atoms. The summed E-state index contributed by atoms with van der Waals surface area (Å²) >= 11 is 0. The normalized spacial score (nSPS) is 11.2. The molecule has 0 aliphatic carbocycles. The van der Waals surface area contributed by atoms with Gasteiger partial charge in [0.25, 0.3) is 0 Å². The van der Waals surface area contributed by atoms with E-state index in [-0.39, 0.29) is 16.7 Å². The van der Waals surface area contributed by atoms with Crippen LogP contribution in [0.4, 0.5) is 0 Å². The van der Waals surface area contributed by atoms with Gasteiger partial charge in [-0.2, -0.15) is 0 Å². The Kier molecular flexibility index (Phi) is 6.09. The minimum absolute atomic E-state index is 0.132. The van der Waals surface area contributed by atoms with Gasteiger partial charge < -0.3 is 14.9 Å².